The molecule has 0 aliphatic heterocycles. The van der Waals surface area contributed by atoms with Crippen LogP contribution in [0, 0.1) is 11.3 Å². The number of nitrogens with one attached hydrogen (secondary N) is 1. The van der Waals surface area contributed by atoms with Gasteiger partial charge < -0.3 is 9.88 Å². The molecule has 7 nitrogen and oxygen atoms in total. The van der Waals surface area contributed by atoms with Gasteiger partial charge >= 0.3 is 0 Å². The standard InChI is InChI=1S/C22H20N6OS/c1-2-13-28-18-6-4-3-5-17(18)20-21(28)25-22(27-26-20)30-14-19(29)24-16-9-7-15(8-10-16)11-12-23/h3-10H,2,11,13-14H2,1H3,(H,24,29). The van der Waals surface area contributed by atoms with E-state index >= 15 is 0 Å². The molecule has 2 aromatic heterocycles. The van der Waals surface area contributed by atoms with Crippen molar-refractivity contribution < 1.29 is 4.79 Å². The van der Waals surface area contributed by atoms with E-state index in [0.717, 1.165) is 40.6 Å². The highest BCUT2D eigenvalue weighted by molar-refractivity contribution is 7.99. The molecule has 2 heterocycles. The predicted molar refractivity (Wildman–Crippen MR) is 118 cm³/mol. The van der Waals surface area contributed by atoms with E-state index < -0.39 is 0 Å². The maximum Gasteiger partial charge on any atom is 0.234 e. The van der Waals surface area contributed by atoms with Crippen molar-refractivity contribution in [1.82, 2.24) is 19.7 Å². The summed E-state index contributed by atoms with van der Waals surface area (Å²) in [5, 5.41) is 21.7. The Hall–Kier alpha value is -3.44. The minimum atomic E-state index is -0.147. The molecule has 2 aromatic carbocycles. The molecule has 0 spiro atoms. The maximum absolute atomic E-state index is 12.3. The lowest BCUT2D eigenvalue weighted by atomic mass is 10.1. The fourth-order valence-electron chi connectivity index (χ4n) is 3.32. The van der Waals surface area contributed by atoms with E-state index in [-0.39, 0.29) is 11.7 Å². The van der Waals surface area contributed by atoms with E-state index in [4.69, 9.17) is 5.26 Å². The monoisotopic (exact) mass is 416 g/mol. The predicted octanol–water partition coefficient (Wildman–Crippen LogP) is 4.19. The lowest BCUT2D eigenvalue weighted by molar-refractivity contribution is -0.113. The molecular formula is C22H20N6OS. The molecule has 30 heavy (non-hydrogen) atoms. The molecule has 0 saturated carbocycles. The number of aromatic nitrogens is 4. The second-order valence-corrected chi connectivity index (χ2v) is 7.75. The van der Waals surface area contributed by atoms with Gasteiger partial charge in [-0.1, -0.05) is 49.0 Å². The van der Waals surface area contributed by atoms with Crippen molar-refractivity contribution in [2.75, 3.05) is 11.1 Å². The van der Waals surface area contributed by atoms with Crippen LogP contribution in [0.4, 0.5) is 5.69 Å². The largest absolute Gasteiger partial charge is 0.325 e. The number of nitrogens with zero attached hydrogens (tertiary/aromatic N) is 5. The van der Waals surface area contributed by atoms with Crippen molar-refractivity contribution in [3.05, 3.63) is 54.1 Å². The summed E-state index contributed by atoms with van der Waals surface area (Å²) in [6, 6.07) is 17.4. The fourth-order valence-corrected chi connectivity index (χ4v) is 3.91. The van der Waals surface area contributed by atoms with Crippen molar-refractivity contribution in [3.8, 4) is 6.07 Å². The normalized spacial score (nSPS) is 10.9. The molecule has 0 aliphatic rings. The summed E-state index contributed by atoms with van der Waals surface area (Å²) in [6.45, 7) is 2.97. The molecule has 1 N–H and O–H groups in total. The van der Waals surface area contributed by atoms with Crippen LogP contribution in [0.1, 0.15) is 18.9 Å². The Morgan fingerprint density at radius 3 is 2.73 bits per heavy atom. The van der Waals surface area contributed by atoms with Crippen LogP contribution in [0.3, 0.4) is 0 Å². The van der Waals surface area contributed by atoms with Gasteiger partial charge in [-0.2, -0.15) is 5.26 Å². The first-order chi connectivity index (χ1) is 14.7. The van der Waals surface area contributed by atoms with Crippen molar-refractivity contribution >= 4 is 45.4 Å². The highest BCUT2D eigenvalue weighted by Gasteiger charge is 2.15. The van der Waals surface area contributed by atoms with Gasteiger partial charge in [0.2, 0.25) is 11.1 Å². The highest BCUT2D eigenvalue weighted by Crippen LogP contribution is 2.27. The molecule has 8 heteroatoms. The van der Waals surface area contributed by atoms with Crippen LogP contribution < -0.4 is 5.32 Å². The zero-order valence-corrected chi connectivity index (χ0v) is 17.3. The highest BCUT2D eigenvalue weighted by atomic mass is 32.2. The SMILES string of the molecule is CCCn1c2ccccc2c2nnc(SCC(=O)Nc3ccc(CC#N)cc3)nc21. The number of fused-ring (bicyclic) bond motifs is 3. The number of aryl methyl sites for hydroxylation is 1. The molecule has 0 atom stereocenters. The third-order valence-electron chi connectivity index (χ3n) is 4.65. The van der Waals surface area contributed by atoms with Crippen LogP contribution >= 0.6 is 11.8 Å². The van der Waals surface area contributed by atoms with Gasteiger partial charge in [0, 0.05) is 17.6 Å². The first-order valence-corrected chi connectivity index (χ1v) is 10.7. The second kappa shape index (κ2) is 8.93. The minimum absolute atomic E-state index is 0.147. The maximum atomic E-state index is 12.3. The van der Waals surface area contributed by atoms with E-state index in [1.54, 1.807) is 12.1 Å². The van der Waals surface area contributed by atoms with E-state index in [1.165, 1.54) is 11.8 Å². The third-order valence-corrected chi connectivity index (χ3v) is 5.49. The van der Waals surface area contributed by atoms with Crippen LogP contribution in [0.5, 0.6) is 0 Å². The number of thioether (sulfide) groups is 1. The number of hydrogen-bond acceptors (Lipinski definition) is 6. The molecule has 0 aliphatic carbocycles. The molecule has 4 rings (SSSR count). The smallest absolute Gasteiger partial charge is 0.234 e. The van der Waals surface area contributed by atoms with E-state index in [2.05, 4.69) is 44.1 Å². The number of benzene rings is 2. The number of amides is 1. The van der Waals surface area contributed by atoms with Gasteiger partial charge in [0.05, 0.1) is 23.8 Å². The Morgan fingerprint density at radius 2 is 1.97 bits per heavy atom. The van der Waals surface area contributed by atoms with Gasteiger partial charge in [0.1, 0.15) is 5.52 Å². The lowest BCUT2D eigenvalue weighted by Gasteiger charge is -2.06. The van der Waals surface area contributed by atoms with Gasteiger partial charge in [0.15, 0.2) is 5.65 Å². The summed E-state index contributed by atoms with van der Waals surface area (Å²) in [5.74, 6) is 0.0343. The summed E-state index contributed by atoms with van der Waals surface area (Å²) < 4.78 is 2.16. The summed E-state index contributed by atoms with van der Waals surface area (Å²) in [6.07, 6.45) is 1.33. The average molecular weight is 417 g/mol. The van der Waals surface area contributed by atoms with Crippen LogP contribution in [-0.4, -0.2) is 31.4 Å². The molecule has 150 valence electrons. The molecule has 1 amide bonds. The lowest BCUT2D eigenvalue weighted by Crippen LogP contribution is -2.14. The van der Waals surface area contributed by atoms with Crippen molar-refractivity contribution in [2.24, 2.45) is 0 Å². The van der Waals surface area contributed by atoms with Crippen LogP contribution in [0.25, 0.3) is 22.1 Å². The zero-order valence-electron chi connectivity index (χ0n) is 16.5. The summed E-state index contributed by atoms with van der Waals surface area (Å²) in [4.78, 5) is 17.0. The van der Waals surface area contributed by atoms with Gasteiger partial charge in [-0.3, -0.25) is 4.79 Å². The third kappa shape index (κ3) is 4.11. The summed E-state index contributed by atoms with van der Waals surface area (Å²) in [7, 11) is 0. The quantitative estimate of drug-likeness (QED) is 0.454. The van der Waals surface area contributed by atoms with E-state index in [1.807, 2.05) is 30.3 Å². The van der Waals surface area contributed by atoms with E-state index in [0.29, 0.717) is 17.3 Å². The minimum Gasteiger partial charge on any atom is -0.325 e. The molecule has 0 fully saturated rings. The van der Waals surface area contributed by atoms with Gasteiger partial charge in [-0.25, -0.2) is 4.98 Å². The Kier molecular flexibility index (Phi) is 5.91. The van der Waals surface area contributed by atoms with Crippen LogP contribution in [0.15, 0.2) is 53.7 Å². The Bertz CT molecular complexity index is 1240. The van der Waals surface area contributed by atoms with Gasteiger partial charge in [0.25, 0.3) is 0 Å². The molecule has 0 unspecified atom stereocenters. The first-order valence-electron chi connectivity index (χ1n) is 9.69. The van der Waals surface area contributed by atoms with Crippen LogP contribution in [0.2, 0.25) is 0 Å². The Labute approximate surface area is 178 Å². The number of anilines is 1. The number of carbonyl (C=O) groups excluding carboxylic acids is 1. The molecule has 4 aromatic rings. The van der Waals surface area contributed by atoms with Gasteiger partial charge in [-0.05, 0) is 30.2 Å². The Morgan fingerprint density at radius 1 is 1.17 bits per heavy atom. The van der Waals surface area contributed by atoms with Crippen molar-refractivity contribution in [1.29, 1.82) is 5.26 Å². The fraction of sp³-hybridized carbons (Fsp3) is 0.227. The molecule has 0 radical (unpaired) electrons. The number of nitriles is 1. The topological polar surface area (TPSA) is 96.5 Å². The summed E-state index contributed by atoms with van der Waals surface area (Å²) >= 11 is 1.26. The number of para-hydroxylation sites is 1. The second-order valence-electron chi connectivity index (χ2n) is 6.80. The Balaban J connectivity index is 1.48. The van der Waals surface area contributed by atoms with Crippen molar-refractivity contribution in [3.63, 3.8) is 0 Å². The van der Waals surface area contributed by atoms with Crippen LogP contribution in [-0.2, 0) is 17.8 Å². The number of rotatable bonds is 7. The first kappa shape index (κ1) is 19.9. The average Bonchev–Trinajstić information content (AvgIpc) is 3.07. The number of hydrogen-bond donors (Lipinski definition) is 1. The van der Waals surface area contributed by atoms with Crippen molar-refractivity contribution in [2.45, 2.75) is 31.5 Å². The summed E-state index contributed by atoms with van der Waals surface area (Å²) in [5.41, 5.74) is 4.28. The zero-order chi connectivity index (χ0) is 20.9. The number of carbonyl (C=O) groups is 1. The van der Waals surface area contributed by atoms with Gasteiger partial charge in [-0.15, -0.1) is 10.2 Å². The molecular weight excluding hydrogens is 396 g/mol. The molecule has 0 bridgehead atoms. The van der Waals surface area contributed by atoms with E-state index in [9.17, 15) is 4.79 Å². The molecule has 0 saturated heterocycles.